The molecule has 0 spiro atoms. The topological polar surface area (TPSA) is 55.9 Å². The molecule has 1 fully saturated rings. The van der Waals surface area contributed by atoms with Gasteiger partial charge in [-0.3, -0.25) is 4.98 Å². The molecule has 0 amide bonds. The van der Waals surface area contributed by atoms with Crippen molar-refractivity contribution < 1.29 is 0 Å². The summed E-state index contributed by atoms with van der Waals surface area (Å²) in [6.07, 6.45) is 15.4. The van der Waals surface area contributed by atoms with E-state index < -0.39 is 0 Å². The van der Waals surface area contributed by atoms with Gasteiger partial charge in [-0.2, -0.15) is 0 Å². The quantitative estimate of drug-likeness (QED) is 0.464. The Balaban J connectivity index is 1.62. The first kappa shape index (κ1) is 21.1. The van der Waals surface area contributed by atoms with Crippen LogP contribution in [0, 0.1) is 5.92 Å². The number of nitrogens with zero attached hydrogens (tertiary/aromatic N) is 2. The summed E-state index contributed by atoms with van der Waals surface area (Å²) < 4.78 is 2.53. The molecule has 1 saturated carbocycles. The largest absolute Gasteiger partial charge is 0.347 e. The summed E-state index contributed by atoms with van der Waals surface area (Å²) in [4.78, 5) is 4.43. The highest BCUT2D eigenvalue weighted by Gasteiger charge is 2.21. The van der Waals surface area contributed by atoms with Crippen molar-refractivity contribution in [3.05, 3.63) is 66.1 Å². The predicted octanol–water partition coefficient (Wildman–Crippen LogP) is 5.08. The van der Waals surface area contributed by atoms with Crippen LogP contribution in [-0.2, 0) is 6.54 Å². The van der Waals surface area contributed by atoms with Gasteiger partial charge < -0.3 is 15.6 Å². The van der Waals surface area contributed by atoms with Gasteiger partial charge in [-0.05, 0) is 74.5 Å². The molecule has 4 nitrogen and oxygen atoms in total. The lowest BCUT2D eigenvalue weighted by molar-refractivity contribution is 0.322. The Morgan fingerprint density at radius 3 is 2.73 bits per heavy atom. The summed E-state index contributed by atoms with van der Waals surface area (Å²) in [6.45, 7) is 3.87. The third kappa shape index (κ3) is 5.11. The van der Waals surface area contributed by atoms with Crippen molar-refractivity contribution in [2.75, 3.05) is 19.6 Å². The normalized spacial score (nSPS) is 16.2. The minimum Gasteiger partial charge on any atom is -0.347 e. The van der Waals surface area contributed by atoms with Crippen molar-refractivity contribution in [3.8, 4) is 0 Å². The highest BCUT2D eigenvalue weighted by molar-refractivity contribution is 5.85. The van der Waals surface area contributed by atoms with Gasteiger partial charge in [-0.15, -0.1) is 0 Å². The standard InChI is InChI=1S/C26H36N4/c27-14-7-16-28-17-13-23(22-10-6-15-29-18-22)25-20-30(19-21-8-2-1-3-9-21)26-12-5-4-11-24(25)26/h4-6,10-12,15,18,20-21,23,28H,1-3,7-9,13-14,16-17,19,27H2. The van der Waals surface area contributed by atoms with E-state index >= 15 is 0 Å². The number of benzene rings is 1. The Kier molecular flexibility index (Phi) is 7.54. The Hall–Kier alpha value is -2.17. The molecule has 0 bridgehead atoms. The van der Waals surface area contributed by atoms with E-state index in [2.05, 4.69) is 57.5 Å². The molecule has 1 atom stereocenters. The van der Waals surface area contributed by atoms with Gasteiger partial charge in [0.2, 0.25) is 0 Å². The second-order valence-electron chi connectivity index (χ2n) is 8.78. The maximum absolute atomic E-state index is 5.64. The Bertz CT molecular complexity index is 896. The van der Waals surface area contributed by atoms with Crippen LogP contribution >= 0.6 is 0 Å². The van der Waals surface area contributed by atoms with Crippen LogP contribution in [0.15, 0.2) is 55.0 Å². The zero-order valence-corrected chi connectivity index (χ0v) is 18.1. The lowest BCUT2D eigenvalue weighted by Crippen LogP contribution is -2.21. The highest BCUT2D eigenvalue weighted by atomic mass is 15.0. The zero-order valence-electron chi connectivity index (χ0n) is 18.1. The van der Waals surface area contributed by atoms with Crippen molar-refractivity contribution in [3.63, 3.8) is 0 Å². The Morgan fingerprint density at radius 2 is 1.93 bits per heavy atom. The van der Waals surface area contributed by atoms with E-state index in [0.717, 1.165) is 44.9 Å². The average molecular weight is 405 g/mol. The first-order valence-corrected chi connectivity index (χ1v) is 11.8. The van der Waals surface area contributed by atoms with Crippen molar-refractivity contribution in [2.24, 2.45) is 11.7 Å². The molecule has 3 aromatic rings. The Morgan fingerprint density at radius 1 is 1.07 bits per heavy atom. The number of nitrogens with one attached hydrogen (secondary N) is 1. The third-order valence-corrected chi connectivity index (χ3v) is 6.63. The lowest BCUT2D eigenvalue weighted by atomic mass is 9.89. The number of aromatic nitrogens is 2. The van der Waals surface area contributed by atoms with Gasteiger partial charge in [-0.25, -0.2) is 0 Å². The minimum atomic E-state index is 0.349. The maximum Gasteiger partial charge on any atom is 0.0483 e. The van der Waals surface area contributed by atoms with E-state index in [9.17, 15) is 0 Å². The summed E-state index contributed by atoms with van der Waals surface area (Å²) >= 11 is 0. The highest BCUT2D eigenvalue weighted by Crippen LogP contribution is 2.35. The molecular weight excluding hydrogens is 368 g/mol. The molecule has 2 heterocycles. The Labute approximate surface area is 180 Å². The lowest BCUT2D eigenvalue weighted by Gasteiger charge is -2.22. The van der Waals surface area contributed by atoms with Crippen LogP contribution in [0.5, 0.6) is 0 Å². The molecule has 30 heavy (non-hydrogen) atoms. The van der Waals surface area contributed by atoms with Gasteiger partial charge in [0.05, 0.1) is 0 Å². The predicted molar refractivity (Wildman–Crippen MR) is 126 cm³/mol. The van der Waals surface area contributed by atoms with E-state index in [0.29, 0.717) is 5.92 Å². The van der Waals surface area contributed by atoms with Crippen molar-refractivity contribution in [1.29, 1.82) is 0 Å². The van der Waals surface area contributed by atoms with Crippen molar-refractivity contribution in [1.82, 2.24) is 14.9 Å². The number of rotatable bonds is 10. The fraction of sp³-hybridized carbons (Fsp3) is 0.500. The van der Waals surface area contributed by atoms with Crippen LogP contribution in [-0.4, -0.2) is 29.2 Å². The smallest absolute Gasteiger partial charge is 0.0483 e. The number of pyridine rings is 1. The second kappa shape index (κ2) is 10.7. The van der Waals surface area contributed by atoms with E-state index in [4.69, 9.17) is 5.73 Å². The number of nitrogens with two attached hydrogens (primary N) is 1. The van der Waals surface area contributed by atoms with Crippen LogP contribution < -0.4 is 11.1 Å². The fourth-order valence-electron chi connectivity index (χ4n) is 5.03. The van der Waals surface area contributed by atoms with Crippen LogP contribution in [0.1, 0.15) is 62.0 Å². The van der Waals surface area contributed by atoms with Gasteiger partial charge in [0.15, 0.2) is 0 Å². The van der Waals surface area contributed by atoms with E-state index in [1.807, 2.05) is 12.4 Å². The molecule has 0 saturated heterocycles. The molecule has 4 rings (SSSR count). The molecule has 0 aliphatic heterocycles. The molecule has 160 valence electrons. The molecule has 1 unspecified atom stereocenters. The van der Waals surface area contributed by atoms with Crippen LogP contribution in [0.4, 0.5) is 0 Å². The average Bonchev–Trinajstić information content (AvgIpc) is 3.16. The first-order valence-electron chi connectivity index (χ1n) is 11.8. The molecule has 0 radical (unpaired) electrons. The van der Waals surface area contributed by atoms with Gasteiger partial charge >= 0.3 is 0 Å². The number of fused-ring (bicyclic) bond motifs is 1. The summed E-state index contributed by atoms with van der Waals surface area (Å²) in [5, 5.41) is 4.96. The van der Waals surface area contributed by atoms with Gasteiger partial charge in [-0.1, -0.05) is 43.5 Å². The molecule has 1 aliphatic carbocycles. The van der Waals surface area contributed by atoms with Crippen LogP contribution in [0.2, 0.25) is 0 Å². The molecule has 2 aromatic heterocycles. The van der Waals surface area contributed by atoms with E-state index in [-0.39, 0.29) is 0 Å². The van der Waals surface area contributed by atoms with Crippen LogP contribution in [0.3, 0.4) is 0 Å². The molecule has 3 N–H and O–H groups in total. The second-order valence-corrected chi connectivity index (χ2v) is 8.78. The summed E-state index contributed by atoms with van der Waals surface area (Å²) in [6, 6.07) is 13.2. The number of para-hydroxylation sites is 1. The van der Waals surface area contributed by atoms with Crippen molar-refractivity contribution in [2.45, 2.75) is 57.4 Å². The minimum absolute atomic E-state index is 0.349. The zero-order chi connectivity index (χ0) is 20.6. The monoisotopic (exact) mass is 404 g/mol. The number of hydrogen-bond acceptors (Lipinski definition) is 3. The fourth-order valence-corrected chi connectivity index (χ4v) is 5.03. The third-order valence-electron chi connectivity index (χ3n) is 6.63. The van der Waals surface area contributed by atoms with Gasteiger partial charge in [0.25, 0.3) is 0 Å². The molecule has 1 aliphatic rings. The SMILES string of the molecule is NCCCNCCC(c1cccnc1)c1cn(CC2CCCCC2)c2ccccc12. The summed E-state index contributed by atoms with van der Waals surface area (Å²) in [5.41, 5.74) is 9.77. The van der Waals surface area contributed by atoms with Gasteiger partial charge in [0.1, 0.15) is 0 Å². The van der Waals surface area contributed by atoms with Crippen LogP contribution in [0.25, 0.3) is 10.9 Å². The first-order chi connectivity index (χ1) is 14.9. The van der Waals surface area contributed by atoms with Crippen molar-refractivity contribution >= 4 is 10.9 Å². The van der Waals surface area contributed by atoms with E-state index in [1.165, 1.54) is 54.1 Å². The molecular formula is C26H36N4. The summed E-state index contributed by atoms with van der Waals surface area (Å²) in [5.74, 6) is 1.17. The van der Waals surface area contributed by atoms with E-state index in [1.54, 1.807) is 0 Å². The number of hydrogen-bond donors (Lipinski definition) is 2. The maximum atomic E-state index is 5.64. The molecule has 4 heteroatoms. The van der Waals surface area contributed by atoms with Gasteiger partial charge in [0, 0.05) is 42.0 Å². The molecule has 1 aromatic carbocycles. The summed E-state index contributed by atoms with van der Waals surface area (Å²) in [7, 11) is 0.